The smallest absolute Gasteiger partial charge is 0.413 e. The van der Waals surface area contributed by atoms with Crippen LogP contribution in [0.15, 0.2) is 29.2 Å². The van der Waals surface area contributed by atoms with E-state index in [0.717, 1.165) is 19.3 Å². The van der Waals surface area contributed by atoms with E-state index in [9.17, 15) is 22.8 Å². The van der Waals surface area contributed by atoms with Gasteiger partial charge in [0.1, 0.15) is 0 Å². The number of hydrogen-bond donors (Lipinski definition) is 1. The second kappa shape index (κ2) is 9.65. The van der Waals surface area contributed by atoms with Gasteiger partial charge in [-0.1, -0.05) is 12.5 Å². The van der Waals surface area contributed by atoms with Crippen molar-refractivity contribution in [2.24, 2.45) is 0 Å². The van der Waals surface area contributed by atoms with Gasteiger partial charge in [-0.25, -0.2) is 18.0 Å². The van der Waals surface area contributed by atoms with Gasteiger partial charge in [0.15, 0.2) is 6.61 Å². The summed E-state index contributed by atoms with van der Waals surface area (Å²) in [7, 11) is -3.74. The van der Waals surface area contributed by atoms with Crippen molar-refractivity contribution >= 4 is 28.0 Å². The lowest BCUT2D eigenvalue weighted by Crippen LogP contribution is -2.41. The van der Waals surface area contributed by atoms with Crippen molar-refractivity contribution in [1.29, 1.82) is 0 Å². The summed E-state index contributed by atoms with van der Waals surface area (Å²) in [5, 5.41) is 1.89. The van der Waals surface area contributed by atoms with E-state index in [1.165, 1.54) is 28.6 Å². The molecule has 0 aromatic heterocycles. The lowest BCUT2D eigenvalue weighted by molar-refractivity contribution is -0.123. The van der Waals surface area contributed by atoms with Crippen LogP contribution < -0.4 is 5.32 Å². The molecule has 0 bridgehead atoms. The van der Waals surface area contributed by atoms with Crippen LogP contribution in [-0.4, -0.2) is 56.5 Å². The van der Waals surface area contributed by atoms with Gasteiger partial charge < -0.3 is 9.47 Å². The molecule has 1 aliphatic rings. The number of sulfonamides is 1. The number of benzene rings is 1. The second-order valence-corrected chi connectivity index (χ2v) is 8.22. The SMILES string of the molecule is CCOC(=O)NC(=O)COC(=O)c1cccc(S(=O)(=O)N2CCCC[C@H]2C)c1. The van der Waals surface area contributed by atoms with E-state index in [2.05, 4.69) is 4.74 Å². The predicted octanol–water partition coefficient (Wildman–Crippen LogP) is 1.68. The molecule has 1 aromatic carbocycles. The molecule has 1 aliphatic heterocycles. The van der Waals surface area contributed by atoms with Crippen molar-refractivity contribution in [2.75, 3.05) is 19.8 Å². The molecule has 9 nitrogen and oxygen atoms in total. The van der Waals surface area contributed by atoms with Crippen LogP contribution in [0.2, 0.25) is 0 Å². The van der Waals surface area contributed by atoms with Crippen molar-refractivity contribution in [1.82, 2.24) is 9.62 Å². The van der Waals surface area contributed by atoms with Crippen LogP contribution in [0.4, 0.5) is 4.79 Å². The topological polar surface area (TPSA) is 119 Å². The molecule has 1 atom stereocenters. The molecule has 2 amide bonds. The lowest BCUT2D eigenvalue weighted by Gasteiger charge is -2.32. The van der Waals surface area contributed by atoms with Crippen LogP contribution in [0, 0.1) is 0 Å². The molecule has 1 heterocycles. The number of ether oxygens (including phenoxy) is 2. The summed E-state index contributed by atoms with van der Waals surface area (Å²) in [5.74, 6) is -1.72. The van der Waals surface area contributed by atoms with Crippen molar-refractivity contribution in [3.05, 3.63) is 29.8 Å². The number of carbonyl (C=O) groups excluding carboxylic acids is 3. The van der Waals surface area contributed by atoms with Gasteiger partial charge >= 0.3 is 12.1 Å². The van der Waals surface area contributed by atoms with Crippen molar-refractivity contribution < 1.29 is 32.3 Å². The Morgan fingerprint density at radius 3 is 2.64 bits per heavy atom. The van der Waals surface area contributed by atoms with Crippen LogP contribution in [0.3, 0.4) is 0 Å². The Hall–Kier alpha value is -2.46. The quantitative estimate of drug-likeness (QED) is 0.706. The average Bonchev–Trinajstić information content (AvgIpc) is 2.66. The van der Waals surface area contributed by atoms with Crippen molar-refractivity contribution in [3.8, 4) is 0 Å². The number of piperidine rings is 1. The normalized spacial score (nSPS) is 17.6. The zero-order valence-corrected chi connectivity index (χ0v) is 16.7. The number of imide groups is 1. The Labute approximate surface area is 164 Å². The van der Waals surface area contributed by atoms with E-state index in [-0.39, 0.29) is 23.1 Å². The summed E-state index contributed by atoms with van der Waals surface area (Å²) < 4.78 is 36.6. The third kappa shape index (κ3) is 5.52. The number of alkyl carbamates (subject to hydrolysis) is 1. The van der Waals surface area contributed by atoms with E-state index in [1.54, 1.807) is 6.92 Å². The van der Waals surface area contributed by atoms with Crippen molar-refractivity contribution in [3.63, 3.8) is 0 Å². The number of hydrogen-bond acceptors (Lipinski definition) is 7. The van der Waals surface area contributed by atoms with Gasteiger partial charge in [0.25, 0.3) is 5.91 Å². The first-order valence-corrected chi connectivity index (χ1v) is 10.5. The first-order chi connectivity index (χ1) is 13.3. The molecule has 0 aliphatic carbocycles. The minimum Gasteiger partial charge on any atom is -0.452 e. The summed E-state index contributed by atoms with van der Waals surface area (Å²) in [6, 6.07) is 5.37. The molecule has 0 unspecified atom stereocenters. The Kier molecular flexibility index (Phi) is 7.53. The van der Waals surface area contributed by atoms with Crippen LogP contribution in [-0.2, 0) is 24.3 Å². The Bertz CT molecular complexity index is 838. The fraction of sp³-hybridized carbons (Fsp3) is 0.500. The Morgan fingerprint density at radius 2 is 1.96 bits per heavy atom. The molecule has 1 fully saturated rings. The molecule has 0 radical (unpaired) electrons. The first kappa shape index (κ1) is 21.8. The standard InChI is InChI=1S/C18H24N2O7S/c1-3-26-18(23)19-16(21)12-27-17(22)14-8-6-9-15(11-14)28(24,25)20-10-5-4-7-13(20)2/h6,8-9,11,13H,3-5,7,10,12H2,1-2H3,(H,19,21,23)/t13-/m1/s1. The summed E-state index contributed by atoms with van der Waals surface area (Å²) in [5.41, 5.74) is -0.00493. The zero-order chi connectivity index (χ0) is 20.7. The highest BCUT2D eigenvalue weighted by Crippen LogP contribution is 2.25. The molecule has 1 N–H and O–H groups in total. The molecule has 1 aromatic rings. The molecule has 10 heteroatoms. The highest BCUT2D eigenvalue weighted by molar-refractivity contribution is 7.89. The van der Waals surface area contributed by atoms with Gasteiger partial charge in [-0.3, -0.25) is 10.1 Å². The Balaban J connectivity index is 2.04. The second-order valence-electron chi connectivity index (χ2n) is 6.33. The van der Waals surface area contributed by atoms with Crippen molar-refractivity contribution in [2.45, 2.75) is 44.0 Å². The molecule has 154 valence electrons. The summed E-state index contributed by atoms with van der Waals surface area (Å²) in [6.07, 6.45) is 1.62. The molecule has 0 saturated carbocycles. The molecule has 28 heavy (non-hydrogen) atoms. The van der Waals surface area contributed by atoms with Gasteiger partial charge in [0, 0.05) is 12.6 Å². The number of nitrogens with one attached hydrogen (secondary N) is 1. The van der Waals surface area contributed by atoms with E-state index in [0.29, 0.717) is 6.54 Å². The molecule has 1 saturated heterocycles. The predicted molar refractivity (Wildman–Crippen MR) is 99.1 cm³/mol. The summed E-state index contributed by atoms with van der Waals surface area (Å²) >= 11 is 0. The van der Waals surface area contributed by atoms with E-state index in [4.69, 9.17) is 4.74 Å². The fourth-order valence-electron chi connectivity index (χ4n) is 2.88. The maximum absolute atomic E-state index is 12.9. The van der Waals surface area contributed by atoms with Gasteiger partial charge in [0.05, 0.1) is 17.1 Å². The zero-order valence-electron chi connectivity index (χ0n) is 15.8. The summed E-state index contributed by atoms with van der Waals surface area (Å²) in [4.78, 5) is 34.8. The minimum atomic E-state index is -3.74. The molecule has 0 spiro atoms. The van der Waals surface area contributed by atoms with Gasteiger partial charge in [-0.2, -0.15) is 4.31 Å². The van der Waals surface area contributed by atoms with Crippen LogP contribution in [0.5, 0.6) is 0 Å². The molecular formula is C18H24N2O7S. The lowest BCUT2D eigenvalue weighted by atomic mass is 10.1. The number of nitrogens with zero attached hydrogens (tertiary/aromatic N) is 1. The minimum absolute atomic E-state index is 0.00493. The fourth-order valence-corrected chi connectivity index (χ4v) is 4.63. The number of amides is 2. The highest BCUT2D eigenvalue weighted by atomic mass is 32.2. The largest absolute Gasteiger partial charge is 0.452 e. The summed E-state index contributed by atoms with van der Waals surface area (Å²) in [6.45, 7) is 3.27. The highest BCUT2D eigenvalue weighted by Gasteiger charge is 2.31. The van der Waals surface area contributed by atoms with Gasteiger partial charge in [0.2, 0.25) is 10.0 Å². The van der Waals surface area contributed by atoms with E-state index < -0.39 is 34.6 Å². The number of rotatable bonds is 6. The number of esters is 1. The maximum atomic E-state index is 12.9. The average molecular weight is 412 g/mol. The third-order valence-electron chi connectivity index (χ3n) is 4.27. The van der Waals surface area contributed by atoms with E-state index in [1.807, 2.05) is 12.2 Å². The van der Waals surface area contributed by atoms with Crippen LogP contribution in [0.1, 0.15) is 43.5 Å². The first-order valence-electron chi connectivity index (χ1n) is 9.01. The van der Waals surface area contributed by atoms with Gasteiger partial charge in [-0.05, 0) is 44.9 Å². The van der Waals surface area contributed by atoms with E-state index >= 15 is 0 Å². The monoisotopic (exact) mass is 412 g/mol. The number of carbonyl (C=O) groups is 3. The third-order valence-corrected chi connectivity index (χ3v) is 6.28. The van der Waals surface area contributed by atoms with Crippen LogP contribution >= 0.6 is 0 Å². The van der Waals surface area contributed by atoms with Crippen LogP contribution in [0.25, 0.3) is 0 Å². The molecule has 2 rings (SSSR count). The Morgan fingerprint density at radius 1 is 1.21 bits per heavy atom. The molecular weight excluding hydrogens is 388 g/mol. The van der Waals surface area contributed by atoms with Gasteiger partial charge in [-0.15, -0.1) is 0 Å². The maximum Gasteiger partial charge on any atom is 0.413 e.